The maximum Gasteiger partial charge on any atom is 0.311 e. The lowest BCUT2D eigenvalue weighted by Crippen LogP contribution is -2.27. The van der Waals surface area contributed by atoms with Crippen LogP contribution in [0.4, 0.5) is 11.4 Å². The van der Waals surface area contributed by atoms with Crippen molar-refractivity contribution in [1.82, 2.24) is 0 Å². The van der Waals surface area contributed by atoms with E-state index in [4.69, 9.17) is 27.9 Å². The molecule has 1 amide bonds. The van der Waals surface area contributed by atoms with Gasteiger partial charge in [-0.1, -0.05) is 29.3 Å². The summed E-state index contributed by atoms with van der Waals surface area (Å²) < 4.78 is 5.07. The number of nitro groups is 1. The van der Waals surface area contributed by atoms with E-state index in [2.05, 4.69) is 0 Å². The number of aryl methyl sites for hydroxylation is 1. The third-order valence-electron chi connectivity index (χ3n) is 4.74. The summed E-state index contributed by atoms with van der Waals surface area (Å²) in [5, 5.41) is 11.6. The summed E-state index contributed by atoms with van der Waals surface area (Å²) in [6, 6.07) is 8.77. The number of halogens is 2. The molecule has 0 aliphatic carbocycles. The van der Waals surface area contributed by atoms with Crippen LogP contribution in [0.25, 0.3) is 0 Å². The molecular formula is C20H16Cl2N2O6. The fourth-order valence-corrected chi connectivity index (χ4v) is 3.64. The van der Waals surface area contributed by atoms with Crippen LogP contribution >= 0.6 is 23.2 Å². The molecule has 2 aromatic rings. The molecule has 0 spiro atoms. The highest BCUT2D eigenvalue weighted by Gasteiger charge is 2.37. The Kier molecular flexibility index (Phi) is 6.38. The van der Waals surface area contributed by atoms with Crippen LogP contribution in [-0.2, 0) is 14.3 Å². The molecule has 10 heteroatoms. The molecule has 3 rings (SSSR count). The Morgan fingerprint density at radius 3 is 2.63 bits per heavy atom. The molecule has 30 heavy (non-hydrogen) atoms. The fraction of sp³-hybridized carbons (Fsp3) is 0.250. The zero-order chi connectivity index (χ0) is 22.0. The van der Waals surface area contributed by atoms with Crippen molar-refractivity contribution in [3.63, 3.8) is 0 Å². The largest absolute Gasteiger partial charge is 0.457 e. The van der Waals surface area contributed by atoms with Crippen LogP contribution in [0.1, 0.15) is 22.3 Å². The Labute approximate surface area is 181 Å². The van der Waals surface area contributed by atoms with E-state index in [0.29, 0.717) is 16.3 Å². The molecule has 1 fully saturated rings. The molecule has 1 saturated heterocycles. The SMILES string of the molecule is Cc1ccc(N2C[C@H](C(=O)OCC(=O)c3ccc(Cl)cc3Cl)CC2=O)cc1[N+](=O)[O-]. The molecule has 0 aromatic heterocycles. The van der Waals surface area contributed by atoms with Gasteiger partial charge in [0.25, 0.3) is 5.69 Å². The highest BCUT2D eigenvalue weighted by molar-refractivity contribution is 6.36. The number of esters is 1. The molecule has 2 aromatic carbocycles. The minimum atomic E-state index is -0.786. The number of anilines is 1. The van der Waals surface area contributed by atoms with Crippen molar-refractivity contribution in [2.45, 2.75) is 13.3 Å². The first kappa shape index (κ1) is 21.7. The fourth-order valence-electron chi connectivity index (χ4n) is 3.13. The normalized spacial score (nSPS) is 15.9. The number of Topliss-reactive ketones (excluding diaryl/α,β-unsaturated/α-hetero) is 1. The lowest BCUT2D eigenvalue weighted by Gasteiger charge is -2.16. The number of amides is 1. The van der Waals surface area contributed by atoms with Crippen molar-refractivity contribution < 1.29 is 24.0 Å². The van der Waals surface area contributed by atoms with E-state index >= 15 is 0 Å². The summed E-state index contributed by atoms with van der Waals surface area (Å²) in [4.78, 5) is 48.8. The average molecular weight is 451 g/mol. The second kappa shape index (κ2) is 8.81. The number of benzene rings is 2. The minimum Gasteiger partial charge on any atom is -0.457 e. The van der Waals surface area contributed by atoms with Crippen molar-refractivity contribution in [3.05, 3.63) is 67.7 Å². The predicted molar refractivity (Wildman–Crippen MR) is 110 cm³/mol. The van der Waals surface area contributed by atoms with Gasteiger partial charge >= 0.3 is 5.97 Å². The molecule has 0 saturated carbocycles. The molecule has 1 atom stereocenters. The molecule has 0 radical (unpaired) electrons. The van der Waals surface area contributed by atoms with Gasteiger partial charge in [-0.25, -0.2) is 0 Å². The van der Waals surface area contributed by atoms with E-state index in [-0.39, 0.29) is 35.1 Å². The molecular weight excluding hydrogens is 435 g/mol. The van der Waals surface area contributed by atoms with E-state index < -0.39 is 29.2 Å². The summed E-state index contributed by atoms with van der Waals surface area (Å²) in [6.07, 6.45) is -0.115. The zero-order valence-electron chi connectivity index (χ0n) is 15.8. The van der Waals surface area contributed by atoms with Crippen LogP contribution in [0.15, 0.2) is 36.4 Å². The monoisotopic (exact) mass is 450 g/mol. The smallest absolute Gasteiger partial charge is 0.311 e. The van der Waals surface area contributed by atoms with Crippen LogP contribution in [0.5, 0.6) is 0 Å². The summed E-state index contributed by atoms with van der Waals surface area (Å²) >= 11 is 11.8. The topological polar surface area (TPSA) is 107 Å². The van der Waals surface area contributed by atoms with Gasteiger partial charge in [0.1, 0.15) is 0 Å². The van der Waals surface area contributed by atoms with Crippen molar-refractivity contribution in [2.75, 3.05) is 18.1 Å². The molecule has 0 bridgehead atoms. The third kappa shape index (κ3) is 4.60. The summed E-state index contributed by atoms with van der Waals surface area (Å²) in [7, 11) is 0. The first-order valence-electron chi connectivity index (χ1n) is 8.87. The number of rotatable bonds is 6. The van der Waals surface area contributed by atoms with Gasteiger partial charge in [-0.15, -0.1) is 0 Å². The predicted octanol–water partition coefficient (Wildman–Crippen LogP) is 3.99. The lowest BCUT2D eigenvalue weighted by molar-refractivity contribution is -0.385. The minimum absolute atomic E-state index is 0.00771. The Morgan fingerprint density at radius 1 is 1.23 bits per heavy atom. The standard InChI is InChI=1S/C20H16Cl2N2O6/c1-11-2-4-14(8-17(11)24(28)29)23-9-12(6-19(23)26)20(27)30-10-18(25)15-5-3-13(21)7-16(15)22/h2-5,7-8,12H,6,9-10H2,1H3/t12-/m1/s1. The van der Waals surface area contributed by atoms with Gasteiger partial charge in [-0.05, 0) is 31.2 Å². The first-order chi connectivity index (χ1) is 14.2. The third-order valence-corrected chi connectivity index (χ3v) is 5.28. The number of ether oxygens (including phenoxy) is 1. The van der Waals surface area contributed by atoms with E-state index in [1.54, 1.807) is 19.1 Å². The maximum atomic E-state index is 12.4. The van der Waals surface area contributed by atoms with Crippen LogP contribution in [0.2, 0.25) is 10.0 Å². The van der Waals surface area contributed by atoms with Gasteiger partial charge in [-0.3, -0.25) is 24.5 Å². The molecule has 1 aliphatic rings. The molecule has 1 heterocycles. The summed E-state index contributed by atoms with van der Waals surface area (Å²) in [5.41, 5.74) is 0.851. The number of nitro benzene ring substituents is 1. The number of ketones is 1. The van der Waals surface area contributed by atoms with Crippen molar-refractivity contribution in [1.29, 1.82) is 0 Å². The summed E-state index contributed by atoms with van der Waals surface area (Å²) in [6.45, 7) is 1.08. The number of hydrogen-bond acceptors (Lipinski definition) is 6. The van der Waals surface area contributed by atoms with Crippen LogP contribution < -0.4 is 4.90 Å². The van der Waals surface area contributed by atoms with Gasteiger partial charge in [0.05, 0.1) is 21.6 Å². The van der Waals surface area contributed by atoms with Gasteiger partial charge in [0.15, 0.2) is 6.61 Å². The molecule has 156 valence electrons. The average Bonchev–Trinajstić information content (AvgIpc) is 3.07. The van der Waals surface area contributed by atoms with E-state index in [1.807, 2.05) is 0 Å². The van der Waals surface area contributed by atoms with E-state index in [9.17, 15) is 24.5 Å². The van der Waals surface area contributed by atoms with Gasteiger partial charge in [-0.2, -0.15) is 0 Å². The molecule has 8 nitrogen and oxygen atoms in total. The number of carbonyl (C=O) groups excluding carboxylic acids is 3. The first-order valence-corrected chi connectivity index (χ1v) is 9.63. The van der Waals surface area contributed by atoms with Crippen LogP contribution in [-0.4, -0.2) is 35.7 Å². The van der Waals surface area contributed by atoms with Crippen molar-refractivity contribution in [2.24, 2.45) is 5.92 Å². The Bertz CT molecular complexity index is 1060. The van der Waals surface area contributed by atoms with Crippen molar-refractivity contribution >= 4 is 52.2 Å². The second-order valence-corrected chi connectivity index (χ2v) is 7.63. The molecule has 0 unspecified atom stereocenters. The maximum absolute atomic E-state index is 12.4. The van der Waals surface area contributed by atoms with Crippen molar-refractivity contribution in [3.8, 4) is 0 Å². The van der Waals surface area contributed by atoms with Gasteiger partial charge < -0.3 is 9.64 Å². The second-order valence-electron chi connectivity index (χ2n) is 6.79. The molecule has 0 N–H and O–H groups in total. The number of nitrogens with zero attached hydrogens (tertiary/aromatic N) is 2. The Hall–Kier alpha value is -2.97. The number of carbonyl (C=O) groups is 3. The van der Waals surface area contributed by atoms with Crippen LogP contribution in [0, 0.1) is 23.0 Å². The highest BCUT2D eigenvalue weighted by Crippen LogP contribution is 2.30. The summed E-state index contributed by atoms with van der Waals surface area (Å²) in [5.74, 6) is -2.35. The Morgan fingerprint density at radius 2 is 1.97 bits per heavy atom. The van der Waals surface area contributed by atoms with Crippen LogP contribution in [0.3, 0.4) is 0 Å². The Balaban J connectivity index is 1.64. The quantitative estimate of drug-likeness (QED) is 0.285. The number of hydrogen-bond donors (Lipinski definition) is 0. The van der Waals surface area contributed by atoms with E-state index in [1.165, 1.54) is 29.2 Å². The van der Waals surface area contributed by atoms with Gasteiger partial charge in [0.2, 0.25) is 11.7 Å². The van der Waals surface area contributed by atoms with E-state index in [0.717, 1.165) is 0 Å². The van der Waals surface area contributed by atoms with Gasteiger partial charge in [0, 0.05) is 35.2 Å². The molecule has 1 aliphatic heterocycles. The highest BCUT2D eigenvalue weighted by atomic mass is 35.5. The zero-order valence-corrected chi connectivity index (χ0v) is 17.3. The lowest BCUT2D eigenvalue weighted by atomic mass is 10.1.